The lowest BCUT2D eigenvalue weighted by Crippen LogP contribution is -2.54. The Morgan fingerprint density at radius 2 is 1.77 bits per heavy atom. The van der Waals surface area contributed by atoms with Crippen molar-refractivity contribution in [3.8, 4) is 0 Å². The van der Waals surface area contributed by atoms with Crippen LogP contribution in [-0.4, -0.2) is 48.4 Å². The zero-order valence-corrected chi connectivity index (χ0v) is 20.4. The van der Waals surface area contributed by atoms with Gasteiger partial charge in [-0.25, -0.2) is 0 Å². The lowest BCUT2D eigenvalue weighted by Gasteiger charge is -2.57. The molecule has 1 aromatic carbocycles. The van der Waals surface area contributed by atoms with E-state index in [0.29, 0.717) is 17.4 Å². The number of carbonyl (C=O) groups is 2. The van der Waals surface area contributed by atoms with E-state index in [0.717, 1.165) is 34.5 Å². The first-order valence-electron chi connectivity index (χ1n) is 11.2. The highest BCUT2D eigenvalue weighted by Crippen LogP contribution is 2.60. The van der Waals surface area contributed by atoms with Crippen LogP contribution in [0.15, 0.2) is 28.7 Å². The van der Waals surface area contributed by atoms with Gasteiger partial charge >= 0.3 is 0 Å². The topological polar surface area (TPSA) is 49.4 Å². The summed E-state index contributed by atoms with van der Waals surface area (Å²) < 4.78 is 0.750. The molecule has 4 aliphatic rings. The van der Waals surface area contributed by atoms with Crippen LogP contribution in [0.2, 0.25) is 0 Å². The van der Waals surface area contributed by atoms with Crippen molar-refractivity contribution in [2.75, 3.05) is 25.6 Å². The minimum Gasteiger partial charge on any atom is -0.343 e. The molecule has 1 atom stereocenters. The molecule has 6 heteroatoms. The molecule has 0 heterocycles. The number of amides is 2. The molecular weight excluding hydrogens is 460 g/mol. The Morgan fingerprint density at radius 1 is 1.17 bits per heavy atom. The van der Waals surface area contributed by atoms with Gasteiger partial charge in [0.25, 0.3) is 5.91 Å². The Kier molecular flexibility index (Phi) is 6.83. The normalized spacial score (nSPS) is 30.2. The van der Waals surface area contributed by atoms with Crippen molar-refractivity contribution < 1.29 is 9.59 Å². The van der Waals surface area contributed by atoms with Gasteiger partial charge in [-0.05, 0) is 108 Å². The Morgan fingerprint density at radius 3 is 2.33 bits per heavy atom. The van der Waals surface area contributed by atoms with Gasteiger partial charge in [0.15, 0.2) is 0 Å². The van der Waals surface area contributed by atoms with Crippen molar-refractivity contribution in [3.63, 3.8) is 0 Å². The number of nitrogens with one attached hydrogen (secondary N) is 1. The number of hydrogen-bond acceptors (Lipinski definition) is 3. The number of thioether (sulfide) groups is 1. The number of carbonyl (C=O) groups excluding carboxylic acids is 2. The number of halogens is 1. The van der Waals surface area contributed by atoms with E-state index < -0.39 is 6.04 Å². The quantitative estimate of drug-likeness (QED) is 0.556. The summed E-state index contributed by atoms with van der Waals surface area (Å²) in [6.07, 6.45) is 10.8. The maximum absolute atomic E-state index is 13.4. The van der Waals surface area contributed by atoms with Gasteiger partial charge in [-0.2, -0.15) is 11.8 Å². The summed E-state index contributed by atoms with van der Waals surface area (Å²) in [5.41, 5.74) is 0.888. The molecule has 2 amide bonds. The molecular formula is C24H33BrN2O2S. The summed E-state index contributed by atoms with van der Waals surface area (Å²) in [6.45, 7) is 0.843. The molecule has 30 heavy (non-hydrogen) atoms. The van der Waals surface area contributed by atoms with Crippen LogP contribution in [0.5, 0.6) is 0 Å². The van der Waals surface area contributed by atoms with E-state index >= 15 is 0 Å². The molecule has 4 nitrogen and oxygen atoms in total. The van der Waals surface area contributed by atoms with Crippen LogP contribution in [0.3, 0.4) is 0 Å². The van der Waals surface area contributed by atoms with E-state index in [1.165, 1.54) is 38.5 Å². The van der Waals surface area contributed by atoms with Crippen molar-refractivity contribution in [1.82, 2.24) is 10.2 Å². The summed E-state index contributed by atoms with van der Waals surface area (Å²) in [6, 6.07) is 6.89. The summed E-state index contributed by atoms with van der Waals surface area (Å²) in [5, 5.41) is 3.02. The lowest BCUT2D eigenvalue weighted by atomic mass is 9.49. The molecule has 1 N–H and O–H groups in total. The average Bonchev–Trinajstić information content (AvgIpc) is 2.69. The predicted molar refractivity (Wildman–Crippen MR) is 127 cm³/mol. The SMILES string of the molecule is CSCCC(NC(=O)c1ccccc1Br)C(=O)N(C)CC12CC3CC(CC(C3)C1)C2. The molecule has 5 rings (SSSR count). The molecule has 0 aliphatic heterocycles. The molecule has 1 unspecified atom stereocenters. The standard InChI is InChI=1S/C24H33BrN2O2S/c1-27(15-24-12-16-9-17(13-24)11-18(10-16)14-24)23(29)21(7-8-30-2)26-22(28)19-5-3-4-6-20(19)25/h3-6,16-18,21H,7-15H2,1-2H3,(H,26,28). The average molecular weight is 494 g/mol. The number of hydrogen-bond donors (Lipinski definition) is 1. The lowest BCUT2D eigenvalue weighted by molar-refractivity contribution is -0.137. The third kappa shape index (κ3) is 4.74. The third-order valence-corrected chi connectivity index (χ3v) is 8.78. The Bertz CT molecular complexity index is 764. The van der Waals surface area contributed by atoms with Crippen LogP contribution >= 0.6 is 27.7 Å². The largest absolute Gasteiger partial charge is 0.343 e. The smallest absolute Gasteiger partial charge is 0.253 e. The van der Waals surface area contributed by atoms with Crippen molar-refractivity contribution in [1.29, 1.82) is 0 Å². The molecule has 4 saturated carbocycles. The van der Waals surface area contributed by atoms with E-state index in [1.807, 2.05) is 36.4 Å². The number of benzene rings is 1. The van der Waals surface area contributed by atoms with Gasteiger partial charge in [0.05, 0.1) is 5.56 Å². The first-order valence-corrected chi connectivity index (χ1v) is 13.4. The minimum atomic E-state index is -0.476. The van der Waals surface area contributed by atoms with Gasteiger partial charge < -0.3 is 10.2 Å². The van der Waals surface area contributed by atoms with Crippen molar-refractivity contribution in [2.24, 2.45) is 23.2 Å². The third-order valence-electron chi connectivity index (χ3n) is 7.45. The van der Waals surface area contributed by atoms with Crippen LogP contribution in [-0.2, 0) is 4.79 Å². The number of nitrogens with zero attached hydrogens (tertiary/aromatic N) is 1. The van der Waals surface area contributed by atoms with Crippen LogP contribution in [0.1, 0.15) is 55.3 Å². The summed E-state index contributed by atoms with van der Waals surface area (Å²) >= 11 is 5.16. The zero-order chi connectivity index (χ0) is 21.3. The zero-order valence-electron chi connectivity index (χ0n) is 18.0. The Balaban J connectivity index is 1.43. The molecule has 4 bridgehead atoms. The fraction of sp³-hybridized carbons (Fsp3) is 0.667. The van der Waals surface area contributed by atoms with Gasteiger partial charge in [0.2, 0.25) is 5.91 Å². The number of rotatable bonds is 8. The van der Waals surface area contributed by atoms with Crippen molar-refractivity contribution in [3.05, 3.63) is 34.3 Å². The summed E-state index contributed by atoms with van der Waals surface area (Å²) in [5.74, 6) is 3.34. The van der Waals surface area contributed by atoms with Crippen molar-refractivity contribution >= 4 is 39.5 Å². The van der Waals surface area contributed by atoms with E-state index in [2.05, 4.69) is 21.2 Å². The highest BCUT2D eigenvalue weighted by Gasteiger charge is 2.51. The maximum atomic E-state index is 13.4. The maximum Gasteiger partial charge on any atom is 0.253 e. The van der Waals surface area contributed by atoms with Gasteiger partial charge in [-0.1, -0.05) is 12.1 Å². The highest BCUT2D eigenvalue weighted by molar-refractivity contribution is 9.10. The molecule has 0 aromatic heterocycles. The van der Waals surface area contributed by atoms with E-state index in [-0.39, 0.29) is 11.8 Å². The van der Waals surface area contributed by atoms with Crippen molar-refractivity contribution in [2.45, 2.75) is 51.0 Å². The Hall–Kier alpha value is -1.01. The van der Waals surface area contributed by atoms with E-state index in [9.17, 15) is 9.59 Å². The van der Waals surface area contributed by atoms with Crippen LogP contribution < -0.4 is 5.32 Å². The summed E-state index contributed by atoms with van der Waals surface area (Å²) in [4.78, 5) is 28.2. The predicted octanol–water partition coefficient (Wildman–Crippen LogP) is 4.98. The number of likely N-dealkylation sites (N-methyl/N-ethyl adjacent to an activating group) is 1. The van der Waals surface area contributed by atoms with E-state index in [1.54, 1.807) is 17.8 Å². The Labute approximate surface area is 193 Å². The second-order valence-electron chi connectivity index (χ2n) is 9.90. The highest BCUT2D eigenvalue weighted by atomic mass is 79.9. The fourth-order valence-corrected chi connectivity index (χ4v) is 7.64. The fourth-order valence-electron chi connectivity index (χ4n) is 6.71. The molecule has 0 spiro atoms. The monoisotopic (exact) mass is 492 g/mol. The summed E-state index contributed by atoms with van der Waals surface area (Å²) in [7, 11) is 1.94. The van der Waals surface area contributed by atoms with Crippen LogP contribution in [0.4, 0.5) is 0 Å². The second-order valence-corrected chi connectivity index (χ2v) is 11.7. The molecule has 1 aromatic rings. The molecule has 4 aliphatic carbocycles. The van der Waals surface area contributed by atoms with Gasteiger partial charge in [0, 0.05) is 18.1 Å². The van der Waals surface area contributed by atoms with Crippen LogP contribution in [0, 0.1) is 23.2 Å². The second kappa shape index (κ2) is 9.23. The van der Waals surface area contributed by atoms with Gasteiger partial charge in [0.1, 0.15) is 6.04 Å². The molecule has 164 valence electrons. The first kappa shape index (κ1) is 22.2. The molecule has 0 radical (unpaired) electrons. The van der Waals surface area contributed by atoms with Gasteiger partial charge in [-0.3, -0.25) is 9.59 Å². The van der Waals surface area contributed by atoms with E-state index in [4.69, 9.17) is 0 Å². The molecule has 0 saturated heterocycles. The molecule has 4 fully saturated rings. The first-order chi connectivity index (χ1) is 14.4. The van der Waals surface area contributed by atoms with Gasteiger partial charge in [-0.15, -0.1) is 0 Å². The van der Waals surface area contributed by atoms with Crippen LogP contribution in [0.25, 0.3) is 0 Å². The minimum absolute atomic E-state index is 0.0557.